The molecular weight excluding hydrogens is 560 g/mol. The SMILES string of the molecule is N[C@@](CC(=O)O)(C(=O)O)C(=O)/C=C/c1cn(-c2ccccc2)nc1-c1c([C@](N)(CC(=O)O)C(=O)O)ccc2ccccc12. The number of hydrogen-bond acceptors (Lipinski definition) is 8. The van der Waals surface area contributed by atoms with Crippen molar-refractivity contribution in [2.45, 2.75) is 23.9 Å². The largest absolute Gasteiger partial charge is 0.481 e. The number of nitrogens with two attached hydrogens (primary N) is 2. The highest BCUT2D eigenvalue weighted by atomic mass is 16.4. The number of carbonyl (C=O) groups is 5. The number of benzene rings is 3. The highest BCUT2D eigenvalue weighted by molar-refractivity contribution is 6.16. The molecule has 0 fully saturated rings. The number of carbonyl (C=O) groups excluding carboxylic acids is 1. The summed E-state index contributed by atoms with van der Waals surface area (Å²) in [5, 5.41) is 44.1. The van der Waals surface area contributed by atoms with Crippen LogP contribution in [0.4, 0.5) is 0 Å². The molecule has 8 N–H and O–H groups in total. The summed E-state index contributed by atoms with van der Waals surface area (Å²) in [5.41, 5.74) is 7.70. The number of aliphatic carboxylic acids is 4. The number of carboxylic acid groups (broad SMARTS) is 4. The van der Waals surface area contributed by atoms with Gasteiger partial charge >= 0.3 is 23.9 Å². The number of fused-ring (bicyclic) bond motifs is 1. The summed E-state index contributed by atoms with van der Waals surface area (Å²) in [4.78, 5) is 60.2. The molecule has 3 aromatic carbocycles. The lowest BCUT2D eigenvalue weighted by Crippen LogP contribution is -2.55. The molecule has 0 saturated heterocycles. The van der Waals surface area contributed by atoms with E-state index in [1.54, 1.807) is 60.7 Å². The summed E-state index contributed by atoms with van der Waals surface area (Å²) in [6, 6.07) is 18.5. The van der Waals surface area contributed by atoms with Gasteiger partial charge in [0.15, 0.2) is 16.9 Å². The van der Waals surface area contributed by atoms with E-state index < -0.39 is 53.6 Å². The molecule has 0 spiro atoms. The van der Waals surface area contributed by atoms with E-state index in [0.717, 1.165) is 6.08 Å². The van der Waals surface area contributed by atoms with Crippen LogP contribution in [0.15, 0.2) is 79.0 Å². The first-order chi connectivity index (χ1) is 20.3. The van der Waals surface area contributed by atoms with Gasteiger partial charge in [-0.05, 0) is 40.6 Å². The van der Waals surface area contributed by atoms with Crippen LogP contribution in [0.1, 0.15) is 24.0 Å². The van der Waals surface area contributed by atoms with E-state index in [1.165, 1.54) is 23.0 Å². The van der Waals surface area contributed by atoms with E-state index in [0.29, 0.717) is 16.5 Å². The maximum absolute atomic E-state index is 12.9. The van der Waals surface area contributed by atoms with Crippen LogP contribution < -0.4 is 11.5 Å². The van der Waals surface area contributed by atoms with Crippen LogP contribution in [0, 0.1) is 0 Å². The third-order valence-electron chi connectivity index (χ3n) is 6.89. The van der Waals surface area contributed by atoms with Crippen LogP contribution in [-0.4, -0.2) is 65.4 Å². The molecule has 13 nitrogen and oxygen atoms in total. The van der Waals surface area contributed by atoms with Crippen molar-refractivity contribution in [3.8, 4) is 16.9 Å². The Hall–Kier alpha value is -5.66. The zero-order valence-electron chi connectivity index (χ0n) is 22.4. The van der Waals surface area contributed by atoms with Crippen LogP contribution in [0.3, 0.4) is 0 Å². The Labute approximate surface area is 243 Å². The van der Waals surface area contributed by atoms with Crippen molar-refractivity contribution in [1.82, 2.24) is 9.78 Å². The third kappa shape index (κ3) is 5.88. The molecule has 4 aromatic rings. The minimum absolute atomic E-state index is 0.0787. The smallest absolute Gasteiger partial charge is 0.332 e. The van der Waals surface area contributed by atoms with Gasteiger partial charge in [-0.3, -0.25) is 14.4 Å². The molecule has 4 rings (SSSR count). The van der Waals surface area contributed by atoms with Gasteiger partial charge in [0.25, 0.3) is 0 Å². The Bertz CT molecular complexity index is 1800. The Morgan fingerprint density at radius 3 is 2.02 bits per heavy atom. The summed E-state index contributed by atoms with van der Waals surface area (Å²) in [5.74, 6) is -7.73. The van der Waals surface area contributed by atoms with Crippen molar-refractivity contribution in [1.29, 1.82) is 0 Å². The van der Waals surface area contributed by atoms with E-state index in [2.05, 4.69) is 5.10 Å². The summed E-state index contributed by atoms with van der Waals surface area (Å²) in [6.07, 6.45) is 1.31. The summed E-state index contributed by atoms with van der Waals surface area (Å²) < 4.78 is 1.42. The highest BCUT2D eigenvalue weighted by Crippen LogP contribution is 2.40. The maximum atomic E-state index is 12.9. The number of rotatable bonds is 12. The van der Waals surface area contributed by atoms with E-state index in [-0.39, 0.29) is 22.4 Å². The number of aromatic nitrogens is 2. The zero-order chi connectivity index (χ0) is 31.5. The number of ketones is 1. The molecule has 2 atom stereocenters. The van der Waals surface area contributed by atoms with Gasteiger partial charge in [-0.25, -0.2) is 14.3 Å². The molecule has 0 aliphatic rings. The molecule has 1 aromatic heterocycles. The third-order valence-corrected chi connectivity index (χ3v) is 6.89. The van der Waals surface area contributed by atoms with E-state index in [9.17, 15) is 39.3 Å². The van der Waals surface area contributed by atoms with Crippen LogP contribution in [-0.2, 0) is 29.5 Å². The second-order valence-corrected chi connectivity index (χ2v) is 9.81. The van der Waals surface area contributed by atoms with Gasteiger partial charge in [-0.2, -0.15) is 5.10 Å². The molecule has 0 aliphatic carbocycles. The van der Waals surface area contributed by atoms with Gasteiger partial charge in [-0.1, -0.05) is 54.6 Å². The number of para-hydroxylation sites is 1. The van der Waals surface area contributed by atoms with Crippen molar-refractivity contribution in [2.24, 2.45) is 11.5 Å². The highest BCUT2D eigenvalue weighted by Gasteiger charge is 2.43. The van der Waals surface area contributed by atoms with Crippen LogP contribution in [0.25, 0.3) is 33.8 Å². The lowest BCUT2D eigenvalue weighted by Gasteiger charge is -2.27. The van der Waals surface area contributed by atoms with Gasteiger partial charge in [0.2, 0.25) is 0 Å². The number of carboxylic acids is 4. The molecule has 1 heterocycles. The zero-order valence-corrected chi connectivity index (χ0v) is 22.4. The first kappa shape index (κ1) is 30.3. The topological polar surface area (TPSA) is 236 Å². The second kappa shape index (κ2) is 11.7. The van der Waals surface area contributed by atoms with Gasteiger partial charge in [-0.15, -0.1) is 0 Å². The van der Waals surface area contributed by atoms with Crippen molar-refractivity contribution in [3.05, 3.63) is 90.1 Å². The van der Waals surface area contributed by atoms with Gasteiger partial charge < -0.3 is 31.9 Å². The van der Waals surface area contributed by atoms with E-state index in [1.807, 2.05) is 0 Å². The van der Waals surface area contributed by atoms with Crippen molar-refractivity contribution in [3.63, 3.8) is 0 Å². The molecule has 0 radical (unpaired) electrons. The van der Waals surface area contributed by atoms with E-state index in [4.69, 9.17) is 16.6 Å². The van der Waals surface area contributed by atoms with Crippen LogP contribution in [0.5, 0.6) is 0 Å². The fourth-order valence-electron chi connectivity index (χ4n) is 4.66. The Morgan fingerprint density at radius 1 is 0.791 bits per heavy atom. The van der Waals surface area contributed by atoms with Gasteiger partial charge in [0, 0.05) is 17.3 Å². The van der Waals surface area contributed by atoms with Crippen LogP contribution in [0.2, 0.25) is 0 Å². The average molecular weight is 587 g/mol. The molecule has 0 bridgehead atoms. The maximum Gasteiger partial charge on any atom is 0.332 e. The summed E-state index contributed by atoms with van der Waals surface area (Å²) in [6.45, 7) is 0. The molecule has 43 heavy (non-hydrogen) atoms. The molecule has 0 saturated carbocycles. The lowest BCUT2D eigenvalue weighted by atomic mass is 9.81. The number of hydrogen-bond donors (Lipinski definition) is 6. The standard InChI is InChI=1S/C30H26N4O9/c31-29(27(40)41,14-23(36)37)21-12-10-17-6-4-5-9-20(17)25(21)26-18(16-34(33-26)19-7-2-1-3-8-19)11-13-22(35)30(32,28(42)43)15-24(38)39/h1-13,16H,14-15,31-32H2,(H,36,37)(H,38,39)(H,40,41)(H,42,43)/b13-11+/t29-,30-/m1/s1. The molecule has 0 amide bonds. The predicted molar refractivity (Wildman–Crippen MR) is 153 cm³/mol. The Kier molecular flexibility index (Phi) is 8.23. The second-order valence-electron chi connectivity index (χ2n) is 9.81. The van der Waals surface area contributed by atoms with E-state index >= 15 is 0 Å². The van der Waals surface area contributed by atoms with Crippen molar-refractivity contribution in [2.75, 3.05) is 0 Å². The first-order valence-electron chi connectivity index (χ1n) is 12.7. The molecule has 0 aliphatic heterocycles. The number of nitrogens with zero attached hydrogens (tertiary/aromatic N) is 2. The monoisotopic (exact) mass is 586 g/mol. The minimum Gasteiger partial charge on any atom is -0.481 e. The first-order valence-corrected chi connectivity index (χ1v) is 12.7. The van der Waals surface area contributed by atoms with Gasteiger partial charge in [0.1, 0.15) is 5.69 Å². The Morgan fingerprint density at radius 2 is 1.42 bits per heavy atom. The van der Waals surface area contributed by atoms with Crippen LogP contribution >= 0.6 is 0 Å². The predicted octanol–water partition coefficient (Wildman–Crippen LogP) is 2.24. The normalized spacial score (nSPS) is 14.2. The van der Waals surface area contributed by atoms with Crippen molar-refractivity contribution < 1.29 is 44.4 Å². The van der Waals surface area contributed by atoms with Gasteiger partial charge in [0.05, 0.1) is 18.5 Å². The summed E-state index contributed by atoms with van der Waals surface area (Å²) in [7, 11) is 0. The fourth-order valence-corrected chi connectivity index (χ4v) is 4.66. The Balaban J connectivity index is 2.03. The lowest BCUT2D eigenvalue weighted by molar-refractivity contribution is -0.153. The minimum atomic E-state index is -2.76. The fraction of sp³-hybridized carbons (Fsp3) is 0.133. The molecule has 13 heteroatoms. The van der Waals surface area contributed by atoms with Crippen molar-refractivity contribution >= 4 is 46.5 Å². The molecule has 220 valence electrons. The molecular formula is C30H26N4O9. The molecule has 0 unspecified atom stereocenters. The summed E-state index contributed by atoms with van der Waals surface area (Å²) >= 11 is 0. The quantitative estimate of drug-likeness (QED) is 0.104. The average Bonchev–Trinajstić information content (AvgIpc) is 3.38.